The highest BCUT2D eigenvalue weighted by Gasteiger charge is 2.33. The van der Waals surface area contributed by atoms with Gasteiger partial charge in [-0.15, -0.1) is 0 Å². The van der Waals surface area contributed by atoms with Gasteiger partial charge in [-0.25, -0.2) is 0 Å². The second-order valence-electron chi connectivity index (χ2n) is 5.50. The molecule has 1 amide bonds. The van der Waals surface area contributed by atoms with E-state index in [2.05, 4.69) is 5.32 Å². The molecule has 2 N–H and O–H groups in total. The molecule has 1 fully saturated rings. The van der Waals surface area contributed by atoms with Gasteiger partial charge in [0.2, 0.25) is 5.91 Å². The first-order valence-corrected chi connectivity index (χ1v) is 7.26. The number of carboxylic acid groups (broad SMARTS) is 1. The van der Waals surface area contributed by atoms with Crippen molar-refractivity contribution < 1.29 is 19.4 Å². The highest BCUT2D eigenvalue weighted by Crippen LogP contribution is 2.30. The second-order valence-corrected chi connectivity index (χ2v) is 5.50. The summed E-state index contributed by atoms with van der Waals surface area (Å²) in [5.74, 6) is -0.620. The van der Waals surface area contributed by atoms with Gasteiger partial charge < -0.3 is 15.2 Å². The van der Waals surface area contributed by atoms with E-state index in [0.29, 0.717) is 32.4 Å². The summed E-state index contributed by atoms with van der Waals surface area (Å²) in [6.45, 7) is 2.83. The first kappa shape index (κ1) is 15.4. The molecule has 1 saturated carbocycles. The lowest BCUT2D eigenvalue weighted by molar-refractivity contribution is -0.141. The zero-order chi connectivity index (χ0) is 15.2. The zero-order valence-electron chi connectivity index (χ0n) is 12.2. The lowest BCUT2D eigenvalue weighted by atomic mass is 10.0. The van der Waals surface area contributed by atoms with E-state index in [0.717, 1.165) is 11.3 Å². The first-order valence-electron chi connectivity index (χ1n) is 7.26. The van der Waals surface area contributed by atoms with Crippen LogP contribution in [-0.4, -0.2) is 30.1 Å². The molecule has 1 aromatic rings. The van der Waals surface area contributed by atoms with Gasteiger partial charge in [0, 0.05) is 5.92 Å². The minimum absolute atomic E-state index is 0.0633. The van der Waals surface area contributed by atoms with Gasteiger partial charge in [0.15, 0.2) is 0 Å². The van der Waals surface area contributed by atoms with Crippen molar-refractivity contribution in [1.82, 2.24) is 5.32 Å². The Bertz CT molecular complexity index is 515. The van der Waals surface area contributed by atoms with Gasteiger partial charge >= 0.3 is 5.97 Å². The van der Waals surface area contributed by atoms with Gasteiger partial charge in [-0.2, -0.15) is 0 Å². The summed E-state index contributed by atoms with van der Waals surface area (Å²) in [4.78, 5) is 22.8. The van der Waals surface area contributed by atoms with E-state index in [1.807, 2.05) is 31.2 Å². The van der Waals surface area contributed by atoms with E-state index in [1.165, 1.54) is 0 Å². The fourth-order valence-corrected chi connectivity index (χ4v) is 2.64. The van der Waals surface area contributed by atoms with Crippen LogP contribution in [0.3, 0.4) is 0 Å². The maximum absolute atomic E-state index is 11.9. The average Bonchev–Trinajstić information content (AvgIpc) is 2.93. The van der Waals surface area contributed by atoms with E-state index < -0.39 is 5.97 Å². The van der Waals surface area contributed by atoms with Crippen LogP contribution < -0.4 is 10.1 Å². The fourth-order valence-electron chi connectivity index (χ4n) is 2.64. The summed E-state index contributed by atoms with van der Waals surface area (Å²) >= 11 is 0. The molecule has 0 spiro atoms. The maximum Gasteiger partial charge on any atom is 0.306 e. The zero-order valence-corrected chi connectivity index (χ0v) is 12.2. The number of carbonyl (C=O) groups excluding carboxylic acids is 1. The maximum atomic E-state index is 11.9. The predicted octanol–water partition coefficient (Wildman–Crippen LogP) is 1.99. The topological polar surface area (TPSA) is 75.6 Å². The highest BCUT2D eigenvalue weighted by molar-refractivity contribution is 5.80. The van der Waals surface area contributed by atoms with Crippen molar-refractivity contribution in [3.63, 3.8) is 0 Å². The van der Waals surface area contributed by atoms with Gasteiger partial charge in [0.05, 0.1) is 12.5 Å². The third-order valence-corrected chi connectivity index (χ3v) is 3.81. The van der Waals surface area contributed by atoms with E-state index in [-0.39, 0.29) is 17.7 Å². The summed E-state index contributed by atoms with van der Waals surface area (Å²) in [5.41, 5.74) is 1.13. The third-order valence-electron chi connectivity index (χ3n) is 3.81. The Morgan fingerprint density at radius 1 is 1.33 bits per heavy atom. The van der Waals surface area contributed by atoms with E-state index in [9.17, 15) is 9.59 Å². The number of aryl methyl sites for hydroxylation is 1. The lowest BCUT2D eigenvalue weighted by Gasteiger charge is -2.11. The first-order chi connectivity index (χ1) is 10.1. The van der Waals surface area contributed by atoms with Crippen LogP contribution in [0.25, 0.3) is 0 Å². The molecular formula is C16H21NO4. The number of carbonyl (C=O) groups is 2. The summed E-state index contributed by atoms with van der Waals surface area (Å²) in [7, 11) is 0. The Morgan fingerprint density at radius 3 is 2.76 bits per heavy atom. The van der Waals surface area contributed by atoms with Crippen LogP contribution in [-0.2, 0) is 9.59 Å². The van der Waals surface area contributed by atoms with E-state index >= 15 is 0 Å². The number of amides is 1. The molecule has 0 saturated heterocycles. The van der Waals surface area contributed by atoms with Crippen molar-refractivity contribution in [2.45, 2.75) is 26.2 Å². The van der Waals surface area contributed by atoms with Crippen LogP contribution in [0.1, 0.15) is 24.8 Å². The van der Waals surface area contributed by atoms with Crippen LogP contribution in [0.2, 0.25) is 0 Å². The van der Waals surface area contributed by atoms with Crippen LogP contribution >= 0.6 is 0 Å². The number of hydrogen-bond donors (Lipinski definition) is 2. The van der Waals surface area contributed by atoms with Crippen LogP contribution in [0.4, 0.5) is 0 Å². The second kappa shape index (κ2) is 7.11. The predicted molar refractivity (Wildman–Crippen MR) is 78.2 cm³/mol. The fraction of sp³-hybridized carbons (Fsp3) is 0.500. The van der Waals surface area contributed by atoms with Crippen molar-refractivity contribution in [2.75, 3.05) is 13.2 Å². The Morgan fingerprint density at radius 2 is 2.10 bits per heavy atom. The molecule has 0 bridgehead atoms. The molecule has 0 radical (unpaired) electrons. The van der Waals surface area contributed by atoms with Gasteiger partial charge in [-0.3, -0.25) is 9.59 Å². The highest BCUT2D eigenvalue weighted by atomic mass is 16.5. The molecule has 0 aliphatic heterocycles. The van der Waals surface area contributed by atoms with Crippen molar-refractivity contribution in [3.05, 3.63) is 29.8 Å². The lowest BCUT2D eigenvalue weighted by Crippen LogP contribution is -2.33. The van der Waals surface area contributed by atoms with Crippen LogP contribution in [0, 0.1) is 18.8 Å². The Labute approximate surface area is 124 Å². The SMILES string of the molecule is Cc1cccc(OCCNC(=O)[C@@H]2CC[C@H](C(=O)O)C2)c1. The number of carboxylic acids is 1. The molecule has 0 unspecified atom stereocenters. The third kappa shape index (κ3) is 4.48. The van der Waals surface area contributed by atoms with Crippen molar-refractivity contribution in [1.29, 1.82) is 0 Å². The summed E-state index contributed by atoms with van der Waals surface area (Å²) < 4.78 is 5.55. The number of ether oxygens (including phenoxy) is 1. The average molecular weight is 291 g/mol. The number of nitrogens with one attached hydrogen (secondary N) is 1. The largest absolute Gasteiger partial charge is 0.492 e. The molecule has 0 heterocycles. The van der Waals surface area contributed by atoms with E-state index in [1.54, 1.807) is 0 Å². The number of aliphatic carboxylic acids is 1. The molecule has 1 aromatic carbocycles. The molecule has 0 aromatic heterocycles. The molecule has 114 valence electrons. The van der Waals surface area contributed by atoms with Gasteiger partial charge in [-0.05, 0) is 43.9 Å². The van der Waals surface area contributed by atoms with Gasteiger partial charge in [0.1, 0.15) is 12.4 Å². The Hall–Kier alpha value is -2.04. The molecule has 1 aliphatic carbocycles. The van der Waals surface area contributed by atoms with Gasteiger partial charge in [0.25, 0.3) is 0 Å². The standard InChI is InChI=1S/C16H21NO4/c1-11-3-2-4-14(9-11)21-8-7-17-15(18)12-5-6-13(10-12)16(19)20/h2-4,9,12-13H,5-8,10H2,1H3,(H,17,18)(H,19,20)/t12-,13+/m1/s1. The molecule has 2 rings (SSSR count). The molecule has 21 heavy (non-hydrogen) atoms. The van der Waals surface area contributed by atoms with Crippen LogP contribution in [0.15, 0.2) is 24.3 Å². The quantitative estimate of drug-likeness (QED) is 0.786. The summed E-state index contributed by atoms with van der Waals surface area (Å²) in [6.07, 6.45) is 1.69. The molecule has 2 atom stereocenters. The number of rotatable bonds is 6. The number of hydrogen-bond acceptors (Lipinski definition) is 3. The molecule has 5 nitrogen and oxygen atoms in total. The van der Waals surface area contributed by atoms with Crippen molar-refractivity contribution in [2.24, 2.45) is 11.8 Å². The van der Waals surface area contributed by atoms with Gasteiger partial charge in [-0.1, -0.05) is 12.1 Å². The Balaban J connectivity index is 1.67. The smallest absolute Gasteiger partial charge is 0.306 e. The molecule has 1 aliphatic rings. The summed E-state index contributed by atoms with van der Waals surface area (Å²) in [5, 5.41) is 11.7. The summed E-state index contributed by atoms with van der Waals surface area (Å²) in [6, 6.07) is 7.74. The number of benzene rings is 1. The monoisotopic (exact) mass is 291 g/mol. The minimum Gasteiger partial charge on any atom is -0.492 e. The normalized spacial score (nSPS) is 21.0. The Kier molecular flexibility index (Phi) is 5.20. The molecular weight excluding hydrogens is 270 g/mol. The molecule has 5 heteroatoms. The minimum atomic E-state index is -0.798. The van der Waals surface area contributed by atoms with Crippen LogP contribution in [0.5, 0.6) is 5.75 Å². The van der Waals surface area contributed by atoms with Crippen molar-refractivity contribution >= 4 is 11.9 Å². The van der Waals surface area contributed by atoms with E-state index in [4.69, 9.17) is 9.84 Å². The van der Waals surface area contributed by atoms with Crippen molar-refractivity contribution in [3.8, 4) is 5.75 Å².